The van der Waals surface area contributed by atoms with Crippen LogP contribution in [0.4, 0.5) is 9.18 Å². The summed E-state index contributed by atoms with van der Waals surface area (Å²) in [5.41, 5.74) is 0.316. The standard InChI is InChI=1S/C27H28FN3O6/c1-6-27(35)18-8-21-22-16(11-31(21)23(32)17(18)12-36-24(27)33)15(10-29-25(34)37-26(3,4)5)14-7-13(2)19(28)9-20(14)30-22/h7-9,35H,6,10-12H2,1-5H3,(H,29,34)/t27-/m0/s1. The number of carbonyl (C=O) groups is 2. The maximum Gasteiger partial charge on any atom is 0.407 e. The molecule has 0 spiro atoms. The predicted molar refractivity (Wildman–Crippen MR) is 132 cm³/mol. The van der Waals surface area contributed by atoms with E-state index < -0.39 is 34.6 Å². The number of carbonyl (C=O) groups excluding carboxylic acids is 2. The van der Waals surface area contributed by atoms with Gasteiger partial charge in [-0.05, 0) is 57.4 Å². The van der Waals surface area contributed by atoms with E-state index in [4.69, 9.17) is 9.47 Å². The zero-order chi connectivity index (χ0) is 26.9. The summed E-state index contributed by atoms with van der Waals surface area (Å²) in [6.45, 7) is 8.53. The van der Waals surface area contributed by atoms with Gasteiger partial charge in [0.25, 0.3) is 5.56 Å². The fourth-order valence-corrected chi connectivity index (χ4v) is 4.97. The van der Waals surface area contributed by atoms with Gasteiger partial charge in [0, 0.05) is 29.1 Å². The van der Waals surface area contributed by atoms with E-state index >= 15 is 0 Å². The highest BCUT2D eigenvalue weighted by molar-refractivity contribution is 5.90. The molecule has 10 heteroatoms. The lowest BCUT2D eigenvalue weighted by atomic mass is 9.86. The molecular weight excluding hydrogens is 481 g/mol. The molecule has 0 radical (unpaired) electrons. The lowest BCUT2D eigenvalue weighted by Gasteiger charge is -2.31. The molecule has 2 aliphatic heterocycles. The molecule has 1 aromatic carbocycles. The minimum absolute atomic E-state index is 0.0231. The van der Waals surface area contributed by atoms with Gasteiger partial charge in [-0.1, -0.05) is 6.92 Å². The highest BCUT2D eigenvalue weighted by Crippen LogP contribution is 2.40. The molecule has 2 N–H and O–H groups in total. The second-order valence-corrected chi connectivity index (χ2v) is 10.5. The highest BCUT2D eigenvalue weighted by atomic mass is 19.1. The van der Waals surface area contributed by atoms with Crippen molar-refractivity contribution in [2.75, 3.05) is 0 Å². The number of hydrogen-bond donors (Lipinski definition) is 2. The Balaban J connectivity index is 1.70. The number of halogens is 1. The summed E-state index contributed by atoms with van der Waals surface area (Å²) in [7, 11) is 0. The van der Waals surface area contributed by atoms with Crippen LogP contribution >= 0.6 is 0 Å². The zero-order valence-corrected chi connectivity index (χ0v) is 21.3. The number of ether oxygens (including phenoxy) is 2. The minimum Gasteiger partial charge on any atom is -0.458 e. The first-order valence-electron chi connectivity index (χ1n) is 12.1. The molecule has 1 amide bonds. The van der Waals surface area contributed by atoms with Gasteiger partial charge in [0.05, 0.1) is 29.0 Å². The quantitative estimate of drug-likeness (QED) is 0.405. The molecule has 9 nitrogen and oxygen atoms in total. The molecule has 194 valence electrons. The number of alkyl carbamates (subject to hydrolysis) is 1. The van der Waals surface area contributed by atoms with Crippen LogP contribution in [0.15, 0.2) is 23.0 Å². The normalized spacial score (nSPS) is 18.2. The van der Waals surface area contributed by atoms with Crippen molar-refractivity contribution < 1.29 is 28.6 Å². The Morgan fingerprint density at radius 3 is 2.68 bits per heavy atom. The van der Waals surface area contributed by atoms with Crippen LogP contribution in [0.2, 0.25) is 0 Å². The van der Waals surface area contributed by atoms with Gasteiger partial charge in [-0.3, -0.25) is 4.79 Å². The number of fused-ring (bicyclic) bond motifs is 5. The maximum atomic E-state index is 14.5. The molecule has 5 rings (SSSR count). The smallest absolute Gasteiger partial charge is 0.407 e. The third-order valence-corrected chi connectivity index (χ3v) is 6.89. The fourth-order valence-electron chi connectivity index (χ4n) is 4.97. The van der Waals surface area contributed by atoms with E-state index in [9.17, 15) is 23.9 Å². The fraction of sp³-hybridized carbons (Fsp3) is 0.407. The molecule has 2 aliphatic rings. The number of nitrogens with one attached hydrogen (secondary N) is 1. The van der Waals surface area contributed by atoms with Crippen LogP contribution in [0.25, 0.3) is 22.3 Å². The first-order chi connectivity index (χ1) is 17.3. The summed E-state index contributed by atoms with van der Waals surface area (Å²) in [6.07, 6.45) is -0.591. The number of amides is 1. The molecule has 2 aromatic heterocycles. The molecule has 0 saturated heterocycles. The van der Waals surface area contributed by atoms with Crippen LogP contribution in [0, 0.1) is 12.7 Å². The number of hydrogen-bond acceptors (Lipinski definition) is 7. The Kier molecular flexibility index (Phi) is 5.63. The maximum absolute atomic E-state index is 14.5. The van der Waals surface area contributed by atoms with Crippen molar-refractivity contribution in [3.63, 3.8) is 0 Å². The Morgan fingerprint density at radius 2 is 2.00 bits per heavy atom. The summed E-state index contributed by atoms with van der Waals surface area (Å²) in [5.74, 6) is -1.24. The van der Waals surface area contributed by atoms with Crippen molar-refractivity contribution in [1.29, 1.82) is 0 Å². The number of aryl methyl sites for hydroxylation is 1. The first kappa shape index (κ1) is 24.9. The van der Waals surface area contributed by atoms with Gasteiger partial charge in [-0.25, -0.2) is 19.0 Å². The second kappa shape index (κ2) is 8.37. The van der Waals surface area contributed by atoms with Gasteiger partial charge in [-0.2, -0.15) is 0 Å². The zero-order valence-electron chi connectivity index (χ0n) is 21.3. The van der Waals surface area contributed by atoms with Crippen molar-refractivity contribution in [2.24, 2.45) is 0 Å². The first-order valence-corrected chi connectivity index (χ1v) is 12.1. The Bertz CT molecular complexity index is 1550. The van der Waals surface area contributed by atoms with Crippen LogP contribution in [-0.2, 0) is 39.6 Å². The molecule has 0 aliphatic carbocycles. The van der Waals surface area contributed by atoms with Gasteiger partial charge in [0.2, 0.25) is 0 Å². The molecule has 4 heterocycles. The number of aliphatic hydroxyl groups is 1. The number of nitrogens with zero attached hydrogens (tertiary/aromatic N) is 2. The van der Waals surface area contributed by atoms with E-state index in [1.54, 1.807) is 46.8 Å². The molecule has 0 bridgehead atoms. The Hall–Kier alpha value is -3.79. The summed E-state index contributed by atoms with van der Waals surface area (Å²) < 4.78 is 26.5. The predicted octanol–water partition coefficient (Wildman–Crippen LogP) is 3.55. The van der Waals surface area contributed by atoms with Crippen molar-refractivity contribution >= 4 is 23.0 Å². The summed E-state index contributed by atoms with van der Waals surface area (Å²) >= 11 is 0. The Morgan fingerprint density at radius 1 is 1.27 bits per heavy atom. The molecule has 0 saturated carbocycles. The number of esters is 1. The average molecular weight is 510 g/mol. The van der Waals surface area contributed by atoms with Gasteiger partial charge in [0.15, 0.2) is 5.60 Å². The molecule has 3 aromatic rings. The lowest BCUT2D eigenvalue weighted by molar-refractivity contribution is -0.172. The van der Waals surface area contributed by atoms with Gasteiger partial charge < -0.3 is 24.5 Å². The van der Waals surface area contributed by atoms with E-state index in [2.05, 4.69) is 10.3 Å². The van der Waals surface area contributed by atoms with Crippen LogP contribution in [0.1, 0.15) is 61.9 Å². The van der Waals surface area contributed by atoms with Crippen molar-refractivity contribution in [3.8, 4) is 11.4 Å². The van der Waals surface area contributed by atoms with Crippen LogP contribution in [0.5, 0.6) is 0 Å². The SMILES string of the molecule is CC[C@@]1(O)C(=O)OCc2c1cc1n(c2=O)Cc2c-1nc1cc(F)c(C)cc1c2CNC(=O)OC(C)(C)C. The lowest BCUT2D eigenvalue weighted by Crippen LogP contribution is -2.44. The number of pyridine rings is 2. The number of cyclic esters (lactones) is 1. The molecule has 37 heavy (non-hydrogen) atoms. The van der Waals surface area contributed by atoms with Gasteiger partial charge in [-0.15, -0.1) is 0 Å². The van der Waals surface area contributed by atoms with Crippen LogP contribution in [-0.4, -0.2) is 32.3 Å². The van der Waals surface area contributed by atoms with Gasteiger partial charge >= 0.3 is 12.1 Å². The van der Waals surface area contributed by atoms with Crippen molar-refractivity contribution in [1.82, 2.24) is 14.9 Å². The van der Waals surface area contributed by atoms with E-state index in [0.29, 0.717) is 39.0 Å². The molecule has 0 unspecified atom stereocenters. The largest absolute Gasteiger partial charge is 0.458 e. The summed E-state index contributed by atoms with van der Waals surface area (Å²) in [6, 6.07) is 4.59. The third kappa shape index (κ3) is 3.96. The van der Waals surface area contributed by atoms with Crippen molar-refractivity contribution in [2.45, 2.75) is 71.9 Å². The number of aromatic nitrogens is 2. The second-order valence-electron chi connectivity index (χ2n) is 10.5. The number of rotatable bonds is 3. The van der Waals surface area contributed by atoms with Crippen LogP contribution in [0.3, 0.4) is 0 Å². The number of benzene rings is 1. The van der Waals surface area contributed by atoms with E-state index in [1.165, 1.54) is 10.6 Å². The average Bonchev–Trinajstić information content (AvgIpc) is 3.18. The highest BCUT2D eigenvalue weighted by Gasteiger charge is 2.45. The summed E-state index contributed by atoms with van der Waals surface area (Å²) in [5, 5.41) is 14.5. The molecule has 0 fully saturated rings. The topological polar surface area (TPSA) is 120 Å². The molecular formula is C27H28FN3O6. The Labute approximate surface area is 212 Å². The van der Waals surface area contributed by atoms with Crippen LogP contribution < -0.4 is 10.9 Å². The minimum atomic E-state index is -1.95. The van der Waals surface area contributed by atoms with E-state index in [1.807, 2.05) is 0 Å². The van der Waals surface area contributed by atoms with Crippen molar-refractivity contribution in [3.05, 3.63) is 62.2 Å². The molecule has 1 atom stereocenters. The van der Waals surface area contributed by atoms with E-state index in [-0.39, 0.29) is 37.2 Å². The summed E-state index contributed by atoms with van der Waals surface area (Å²) in [4.78, 5) is 43.0. The van der Waals surface area contributed by atoms with Gasteiger partial charge in [0.1, 0.15) is 18.0 Å². The monoisotopic (exact) mass is 509 g/mol. The van der Waals surface area contributed by atoms with E-state index in [0.717, 1.165) is 0 Å². The third-order valence-electron chi connectivity index (χ3n) is 6.89.